The van der Waals surface area contributed by atoms with E-state index in [-0.39, 0.29) is 19.0 Å². The summed E-state index contributed by atoms with van der Waals surface area (Å²) in [6, 6.07) is 0. The number of nitrogens with zero attached hydrogens (tertiary/aromatic N) is 1. The third-order valence-corrected chi connectivity index (χ3v) is 1.16. The first kappa shape index (κ1) is 10.4. The van der Waals surface area contributed by atoms with Crippen molar-refractivity contribution in [3.05, 3.63) is 0 Å². The van der Waals surface area contributed by atoms with Crippen molar-refractivity contribution in [1.82, 2.24) is 10.2 Å². The highest BCUT2D eigenvalue weighted by Crippen LogP contribution is 1.81. The highest BCUT2D eigenvalue weighted by molar-refractivity contribution is 5.85. The van der Waals surface area contributed by atoms with Gasteiger partial charge in [-0.15, -0.1) is 0 Å². The molecule has 0 atom stereocenters. The highest BCUT2D eigenvalue weighted by atomic mass is 16.2. The average Bonchev–Trinajstić information content (AvgIpc) is 1.98. The van der Waals surface area contributed by atoms with Gasteiger partial charge in [0.1, 0.15) is 0 Å². The third kappa shape index (κ3) is 4.26. The van der Waals surface area contributed by atoms with Crippen LogP contribution in [-0.4, -0.2) is 43.3 Å². The molecule has 3 N–H and O–H groups in total. The summed E-state index contributed by atoms with van der Waals surface area (Å²) in [5.74, 6) is -0.946. The maximum atomic E-state index is 10.9. The standard InChI is InChI=1S/C6H11N3O3/c1-9(3-5(7)11)6(12)2-8-4-10/h4H,2-3H2,1H3,(H2,7,11)(H,8,10). The van der Waals surface area contributed by atoms with E-state index < -0.39 is 5.91 Å². The number of hydrogen-bond acceptors (Lipinski definition) is 3. The van der Waals surface area contributed by atoms with Crippen LogP contribution in [0.3, 0.4) is 0 Å². The fourth-order valence-electron chi connectivity index (χ4n) is 0.586. The van der Waals surface area contributed by atoms with E-state index >= 15 is 0 Å². The van der Waals surface area contributed by atoms with Gasteiger partial charge in [-0.25, -0.2) is 0 Å². The van der Waals surface area contributed by atoms with Gasteiger partial charge in [-0.2, -0.15) is 0 Å². The van der Waals surface area contributed by atoms with Crippen LogP contribution in [0, 0.1) is 0 Å². The summed E-state index contributed by atoms with van der Waals surface area (Å²) in [6.45, 7) is -0.257. The molecule has 0 fully saturated rings. The van der Waals surface area contributed by atoms with Crippen LogP contribution < -0.4 is 11.1 Å². The molecule has 6 heteroatoms. The summed E-state index contributed by atoms with van der Waals surface area (Å²) < 4.78 is 0. The van der Waals surface area contributed by atoms with Crippen LogP contribution in [0.4, 0.5) is 0 Å². The molecule has 12 heavy (non-hydrogen) atoms. The molecule has 0 aromatic rings. The van der Waals surface area contributed by atoms with Crippen molar-refractivity contribution < 1.29 is 14.4 Å². The summed E-state index contributed by atoms with van der Waals surface area (Å²) in [4.78, 5) is 32.2. The Balaban J connectivity index is 3.76. The minimum Gasteiger partial charge on any atom is -0.368 e. The Morgan fingerprint density at radius 1 is 1.58 bits per heavy atom. The number of amides is 3. The first-order valence-electron chi connectivity index (χ1n) is 3.27. The molecule has 68 valence electrons. The van der Waals surface area contributed by atoms with Crippen LogP contribution in [0.25, 0.3) is 0 Å². The molecule has 6 nitrogen and oxygen atoms in total. The number of rotatable bonds is 5. The lowest BCUT2D eigenvalue weighted by atomic mass is 10.4. The van der Waals surface area contributed by atoms with Crippen molar-refractivity contribution in [3.8, 4) is 0 Å². The maximum absolute atomic E-state index is 10.9. The van der Waals surface area contributed by atoms with E-state index in [2.05, 4.69) is 5.32 Å². The number of nitrogens with one attached hydrogen (secondary N) is 1. The Kier molecular flexibility index (Phi) is 4.43. The van der Waals surface area contributed by atoms with Gasteiger partial charge < -0.3 is 16.0 Å². The van der Waals surface area contributed by atoms with E-state index in [1.54, 1.807) is 0 Å². The van der Waals surface area contributed by atoms with Gasteiger partial charge >= 0.3 is 0 Å². The molecule has 0 unspecified atom stereocenters. The van der Waals surface area contributed by atoms with Gasteiger partial charge in [-0.1, -0.05) is 0 Å². The van der Waals surface area contributed by atoms with Crippen LogP contribution in [0.5, 0.6) is 0 Å². The number of carbonyl (C=O) groups is 3. The van der Waals surface area contributed by atoms with E-state index in [9.17, 15) is 14.4 Å². The number of nitrogens with two attached hydrogens (primary N) is 1. The van der Waals surface area contributed by atoms with Gasteiger partial charge in [0.25, 0.3) is 0 Å². The molecule has 0 radical (unpaired) electrons. The van der Waals surface area contributed by atoms with E-state index in [0.29, 0.717) is 6.41 Å². The number of hydrogen-bond donors (Lipinski definition) is 2. The lowest BCUT2D eigenvalue weighted by Crippen LogP contribution is -2.40. The van der Waals surface area contributed by atoms with Crippen molar-refractivity contribution in [1.29, 1.82) is 0 Å². The quantitative estimate of drug-likeness (QED) is 0.457. The second-order valence-electron chi connectivity index (χ2n) is 2.21. The van der Waals surface area contributed by atoms with Crippen molar-refractivity contribution in [3.63, 3.8) is 0 Å². The van der Waals surface area contributed by atoms with E-state index in [4.69, 9.17) is 5.73 Å². The first-order chi connectivity index (χ1) is 5.57. The Hall–Kier alpha value is -1.59. The summed E-state index contributed by atoms with van der Waals surface area (Å²) in [5.41, 5.74) is 4.84. The topological polar surface area (TPSA) is 92.5 Å². The van der Waals surface area contributed by atoms with E-state index in [1.165, 1.54) is 7.05 Å². The molecule has 0 saturated heterocycles. The summed E-state index contributed by atoms with van der Waals surface area (Å²) >= 11 is 0. The van der Waals surface area contributed by atoms with Gasteiger partial charge in [0.15, 0.2) is 0 Å². The van der Waals surface area contributed by atoms with Crippen molar-refractivity contribution >= 4 is 18.2 Å². The first-order valence-corrected chi connectivity index (χ1v) is 3.27. The fourth-order valence-corrected chi connectivity index (χ4v) is 0.586. The number of carbonyl (C=O) groups excluding carboxylic acids is 3. The average molecular weight is 173 g/mol. The SMILES string of the molecule is CN(CC(N)=O)C(=O)CNC=O. The lowest BCUT2D eigenvalue weighted by molar-refractivity contribution is -0.133. The van der Waals surface area contributed by atoms with Crippen LogP contribution in [0.1, 0.15) is 0 Å². The fraction of sp³-hybridized carbons (Fsp3) is 0.500. The van der Waals surface area contributed by atoms with Crippen molar-refractivity contribution in [2.24, 2.45) is 5.73 Å². The number of primary amides is 1. The second-order valence-corrected chi connectivity index (χ2v) is 2.21. The molecule has 0 bridgehead atoms. The van der Waals surface area contributed by atoms with E-state index in [1.807, 2.05) is 0 Å². The smallest absolute Gasteiger partial charge is 0.242 e. The molecule has 0 aromatic heterocycles. The van der Waals surface area contributed by atoms with Gasteiger partial charge in [-0.05, 0) is 0 Å². The summed E-state index contributed by atoms with van der Waals surface area (Å²) in [7, 11) is 1.43. The van der Waals surface area contributed by atoms with Gasteiger partial charge in [0, 0.05) is 7.05 Å². The van der Waals surface area contributed by atoms with Gasteiger partial charge in [0.05, 0.1) is 13.1 Å². The molecule has 0 spiro atoms. The summed E-state index contributed by atoms with van der Waals surface area (Å²) in [5, 5.41) is 2.18. The van der Waals surface area contributed by atoms with Gasteiger partial charge in [-0.3, -0.25) is 14.4 Å². The Labute approximate surface area is 69.7 Å². The Morgan fingerprint density at radius 2 is 2.17 bits per heavy atom. The van der Waals surface area contributed by atoms with Crippen LogP contribution >= 0.6 is 0 Å². The van der Waals surface area contributed by atoms with Crippen LogP contribution in [-0.2, 0) is 14.4 Å². The molecule has 0 heterocycles. The van der Waals surface area contributed by atoms with E-state index in [0.717, 1.165) is 4.90 Å². The van der Waals surface area contributed by atoms with Crippen LogP contribution in [0.2, 0.25) is 0 Å². The molecular formula is C6H11N3O3. The number of likely N-dealkylation sites (N-methyl/N-ethyl adjacent to an activating group) is 1. The highest BCUT2D eigenvalue weighted by Gasteiger charge is 2.09. The lowest BCUT2D eigenvalue weighted by Gasteiger charge is -2.13. The molecule has 0 aliphatic rings. The predicted molar refractivity (Wildman–Crippen MR) is 40.9 cm³/mol. The van der Waals surface area contributed by atoms with Crippen molar-refractivity contribution in [2.45, 2.75) is 0 Å². The zero-order chi connectivity index (χ0) is 9.56. The minimum atomic E-state index is -0.586. The van der Waals surface area contributed by atoms with Crippen LogP contribution in [0.15, 0.2) is 0 Å². The zero-order valence-corrected chi connectivity index (χ0v) is 6.74. The molecule has 0 rings (SSSR count). The molecule has 0 saturated carbocycles. The molecule has 0 aliphatic carbocycles. The molecule has 3 amide bonds. The largest absolute Gasteiger partial charge is 0.368 e. The molecule has 0 aliphatic heterocycles. The Bertz CT molecular complexity index is 192. The maximum Gasteiger partial charge on any atom is 0.242 e. The Morgan fingerprint density at radius 3 is 2.58 bits per heavy atom. The molecule has 0 aromatic carbocycles. The van der Waals surface area contributed by atoms with Gasteiger partial charge in [0.2, 0.25) is 18.2 Å². The predicted octanol–water partition coefficient (Wildman–Crippen LogP) is -2.32. The zero-order valence-electron chi connectivity index (χ0n) is 6.74. The second kappa shape index (κ2) is 5.11. The molecular weight excluding hydrogens is 162 g/mol. The normalized spacial score (nSPS) is 8.75. The monoisotopic (exact) mass is 173 g/mol. The third-order valence-electron chi connectivity index (χ3n) is 1.16. The summed E-state index contributed by atoms with van der Waals surface area (Å²) in [6.07, 6.45) is 0.413. The minimum absolute atomic E-state index is 0.118. The van der Waals surface area contributed by atoms with Crippen molar-refractivity contribution in [2.75, 3.05) is 20.1 Å².